The van der Waals surface area contributed by atoms with Crippen molar-refractivity contribution in [2.45, 2.75) is 13.0 Å². The molecule has 1 atom stereocenters. The van der Waals surface area contributed by atoms with E-state index >= 15 is 0 Å². The fraction of sp³-hybridized carbons (Fsp3) is 0.250. The van der Waals surface area contributed by atoms with E-state index in [-0.39, 0.29) is 19.0 Å². The van der Waals surface area contributed by atoms with E-state index in [0.29, 0.717) is 11.6 Å². The predicted molar refractivity (Wildman–Crippen MR) is 84.1 cm³/mol. The molecule has 23 heavy (non-hydrogen) atoms. The van der Waals surface area contributed by atoms with Gasteiger partial charge in [-0.15, -0.1) is 0 Å². The van der Waals surface area contributed by atoms with Gasteiger partial charge in [-0.1, -0.05) is 0 Å². The summed E-state index contributed by atoms with van der Waals surface area (Å²) in [7, 11) is 0. The van der Waals surface area contributed by atoms with E-state index in [2.05, 4.69) is 15.4 Å². The van der Waals surface area contributed by atoms with E-state index in [1.165, 1.54) is 24.3 Å². The van der Waals surface area contributed by atoms with Crippen molar-refractivity contribution in [2.75, 3.05) is 18.5 Å². The Morgan fingerprint density at radius 3 is 2.91 bits per heavy atom. The molecular formula is C16H17FN4O2. The molecule has 3 rings (SSSR count). The first-order valence-corrected chi connectivity index (χ1v) is 7.23. The van der Waals surface area contributed by atoms with Crippen molar-refractivity contribution in [3.05, 3.63) is 54.2 Å². The fourth-order valence-electron chi connectivity index (χ4n) is 2.18. The molecule has 1 aromatic carbocycles. The SMILES string of the molecule is Cc1cc2c(NCC(O)COc3ccc(F)cc3)nccn2n1. The Morgan fingerprint density at radius 2 is 2.13 bits per heavy atom. The number of hydrogen-bond donors (Lipinski definition) is 2. The number of aliphatic hydroxyl groups is 1. The Labute approximate surface area is 132 Å². The van der Waals surface area contributed by atoms with Gasteiger partial charge in [-0.2, -0.15) is 5.10 Å². The highest BCUT2D eigenvalue weighted by Gasteiger charge is 2.09. The van der Waals surface area contributed by atoms with Gasteiger partial charge in [-0.25, -0.2) is 13.9 Å². The van der Waals surface area contributed by atoms with Crippen LogP contribution in [0.15, 0.2) is 42.7 Å². The average molecular weight is 316 g/mol. The summed E-state index contributed by atoms with van der Waals surface area (Å²) in [6.45, 7) is 2.28. The second kappa shape index (κ2) is 6.62. The van der Waals surface area contributed by atoms with Crippen LogP contribution in [0.1, 0.15) is 5.69 Å². The summed E-state index contributed by atoms with van der Waals surface area (Å²) >= 11 is 0. The normalized spacial score (nSPS) is 12.3. The minimum Gasteiger partial charge on any atom is -0.491 e. The first-order chi connectivity index (χ1) is 11.1. The van der Waals surface area contributed by atoms with Gasteiger partial charge in [0.25, 0.3) is 0 Å². The van der Waals surface area contributed by atoms with Gasteiger partial charge in [-0.3, -0.25) is 0 Å². The van der Waals surface area contributed by atoms with Gasteiger partial charge in [0.2, 0.25) is 0 Å². The van der Waals surface area contributed by atoms with Gasteiger partial charge in [-0.05, 0) is 37.3 Å². The number of rotatable bonds is 6. The summed E-state index contributed by atoms with van der Waals surface area (Å²) in [5.74, 6) is 0.834. The Balaban J connectivity index is 1.55. The van der Waals surface area contributed by atoms with Crippen molar-refractivity contribution < 1.29 is 14.2 Å². The van der Waals surface area contributed by atoms with Crippen LogP contribution in [0.2, 0.25) is 0 Å². The van der Waals surface area contributed by atoms with E-state index < -0.39 is 6.10 Å². The van der Waals surface area contributed by atoms with E-state index in [9.17, 15) is 9.50 Å². The van der Waals surface area contributed by atoms with Crippen LogP contribution in [0.5, 0.6) is 5.75 Å². The highest BCUT2D eigenvalue weighted by Crippen LogP contribution is 2.15. The molecule has 0 aliphatic heterocycles. The molecular weight excluding hydrogens is 299 g/mol. The number of aromatic nitrogens is 3. The topological polar surface area (TPSA) is 71.7 Å². The van der Waals surface area contributed by atoms with Gasteiger partial charge < -0.3 is 15.2 Å². The number of fused-ring (bicyclic) bond motifs is 1. The lowest BCUT2D eigenvalue weighted by Crippen LogP contribution is -2.26. The van der Waals surface area contributed by atoms with E-state index in [1.807, 2.05) is 13.0 Å². The highest BCUT2D eigenvalue weighted by atomic mass is 19.1. The maximum Gasteiger partial charge on any atom is 0.152 e. The molecule has 0 radical (unpaired) electrons. The summed E-state index contributed by atoms with van der Waals surface area (Å²) in [4.78, 5) is 4.25. The summed E-state index contributed by atoms with van der Waals surface area (Å²) in [6, 6.07) is 7.58. The molecule has 0 amide bonds. The number of aliphatic hydroxyl groups excluding tert-OH is 1. The molecule has 0 fully saturated rings. The van der Waals surface area contributed by atoms with Crippen LogP contribution in [0.25, 0.3) is 5.52 Å². The highest BCUT2D eigenvalue weighted by molar-refractivity contribution is 5.67. The second-order valence-corrected chi connectivity index (χ2v) is 5.19. The van der Waals surface area contributed by atoms with Crippen LogP contribution in [-0.2, 0) is 0 Å². The van der Waals surface area contributed by atoms with Crippen molar-refractivity contribution >= 4 is 11.3 Å². The zero-order valence-corrected chi connectivity index (χ0v) is 12.6. The van der Waals surface area contributed by atoms with E-state index in [4.69, 9.17) is 4.74 Å². The first-order valence-electron chi connectivity index (χ1n) is 7.23. The van der Waals surface area contributed by atoms with Gasteiger partial charge in [0.15, 0.2) is 5.82 Å². The number of halogens is 1. The van der Waals surface area contributed by atoms with Crippen molar-refractivity contribution in [2.24, 2.45) is 0 Å². The largest absolute Gasteiger partial charge is 0.491 e. The first kappa shape index (κ1) is 15.2. The Morgan fingerprint density at radius 1 is 1.35 bits per heavy atom. The van der Waals surface area contributed by atoms with Crippen molar-refractivity contribution in [3.63, 3.8) is 0 Å². The lowest BCUT2D eigenvalue weighted by Gasteiger charge is -2.14. The molecule has 0 aliphatic rings. The maximum atomic E-state index is 12.8. The maximum absolute atomic E-state index is 12.8. The number of anilines is 1. The van der Waals surface area contributed by atoms with Crippen molar-refractivity contribution in [1.29, 1.82) is 0 Å². The van der Waals surface area contributed by atoms with Gasteiger partial charge >= 0.3 is 0 Å². The smallest absolute Gasteiger partial charge is 0.152 e. The standard InChI is InChI=1S/C16H17FN4O2/c1-11-8-15-16(18-6-7-21(15)20-11)19-9-13(22)10-23-14-4-2-12(17)3-5-14/h2-8,13,22H,9-10H2,1H3,(H,18,19). The zero-order valence-electron chi connectivity index (χ0n) is 12.6. The third-order valence-corrected chi connectivity index (χ3v) is 3.27. The van der Waals surface area contributed by atoms with Crippen LogP contribution in [0.4, 0.5) is 10.2 Å². The lowest BCUT2D eigenvalue weighted by atomic mass is 10.3. The van der Waals surface area contributed by atoms with E-state index in [1.54, 1.807) is 16.9 Å². The number of nitrogens with one attached hydrogen (secondary N) is 1. The average Bonchev–Trinajstić information content (AvgIpc) is 2.93. The number of hydrogen-bond acceptors (Lipinski definition) is 5. The van der Waals surface area contributed by atoms with Crippen LogP contribution in [-0.4, -0.2) is 39.0 Å². The molecule has 3 aromatic rings. The fourth-order valence-corrected chi connectivity index (χ4v) is 2.18. The molecule has 7 heteroatoms. The summed E-state index contributed by atoms with van der Waals surface area (Å²) in [5, 5.41) is 17.4. The second-order valence-electron chi connectivity index (χ2n) is 5.19. The zero-order chi connectivity index (χ0) is 16.2. The van der Waals surface area contributed by atoms with Gasteiger partial charge in [0, 0.05) is 18.9 Å². The molecule has 0 saturated carbocycles. The monoisotopic (exact) mass is 316 g/mol. The molecule has 0 bridgehead atoms. The summed E-state index contributed by atoms with van der Waals surface area (Å²) < 4.78 is 19.9. The van der Waals surface area contributed by atoms with Crippen LogP contribution in [0.3, 0.4) is 0 Å². The molecule has 2 heterocycles. The Kier molecular flexibility index (Phi) is 4.38. The number of ether oxygens (including phenoxy) is 1. The Hall–Kier alpha value is -2.67. The number of nitrogens with zero attached hydrogens (tertiary/aromatic N) is 3. The molecule has 0 spiro atoms. The van der Waals surface area contributed by atoms with Crippen molar-refractivity contribution in [1.82, 2.24) is 14.6 Å². The summed E-state index contributed by atoms with van der Waals surface area (Å²) in [5.41, 5.74) is 1.73. The minimum atomic E-state index is -0.730. The lowest BCUT2D eigenvalue weighted by molar-refractivity contribution is 0.117. The third kappa shape index (κ3) is 3.75. The van der Waals surface area contributed by atoms with Gasteiger partial charge in [0.05, 0.1) is 5.69 Å². The molecule has 2 N–H and O–H groups in total. The van der Waals surface area contributed by atoms with E-state index in [0.717, 1.165) is 11.2 Å². The minimum absolute atomic E-state index is 0.0973. The van der Waals surface area contributed by atoms with Crippen LogP contribution in [0, 0.1) is 12.7 Å². The number of aryl methyl sites for hydroxylation is 1. The molecule has 0 aliphatic carbocycles. The van der Waals surface area contributed by atoms with Crippen LogP contribution < -0.4 is 10.1 Å². The van der Waals surface area contributed by atoms with Crippen LogP contribution >= 0.6 is 0 Å². The van der Waals surface area contributed by atoms with Crippen molar-refractivity contribution in [3.8, 4) is 5.75 Å². The number of benzene rings is 1. The Bertz CT molecular complexity index is 788. The quantitative estimate of drug-likeness (QED) is 0.728. The molecule has 6 nitrogen and oxygen atoms in total. The molecule has 2 aromatic heterocycles. The molecule has 1 unspecified atom stereocenters. The third-order valence-electron chi connectivity index (χ3n) is 3.27. The van der Waals surface area contributed by atoms with Gasteiger partial charge in [0.1, 0.15) is 29.8 Å². The predicted octanol–water partition coefficient (Wildman–Crippen LogP) is 2.03. The molecule has 0 saturated heterocycles. The molecule has 120 valence electrons. The summed E-state index contributed by atoms with van der Waals surface area (Å²) in [6.07, 6.45) is 2.68.